The van der Waals surface area contributed by atoms with Crippen LogP contribution in [-0.2, 0) is 18.4 Å². The van der Waals surface area contributed by atoms with E-state index in [-0.39, 0.29) is 19.1 Å². The Morgan fingerprint density at radius 1 is 0.540 bits per heavy atom. The summed E-state index contributed by atoms with van der Waals surface area (Å²) >= 11 is 0. The van der Waals surface area contributed by atoms with Gasteiger partial charge in [0, 0.05) is 6.42 Å². The molecule has 63 heavy (non-hydrogen) atoms. The summed E-state index contributed by atoms with van der Waals surface area (Å²) in [6, 6.07) is -0.882. The molecule has 0 aliphatic heterocycles. The van der Waals surface area contributed by atoms with E-state index in [1.54, 1.807) is 6.08 Å². The Kier molecular flexibility index (Phi) is 45.4. The summed E-state index contributed by atoms with van der Waals surface area (Å²) in [7, 11) is 1.27. The van der Waals surface area contributed by atoms with Crippen LogP contribution in [-0.4, -0.2) is 68.5 Å². The number of amides is 1. The number of hydrogen-bond acceptors (Lipinski definition) is 6. The maximum Gasteiger partial charge on any atom is 0.268 e. The molecule has 8 nitrogen and oxygen atoms in total. The lowest BCUT2D eigenvalue weighted by molar-refractivity contribution is -0.870. The van der Waals surface area contributed by atoms with Crippen molar-refractivity contribution < 1.29 is 32.9 Å². The number of likely N-dealkylation sites (N-methyl/N-ethyl adjacent to an activating group) is 1. The SMILES string of the molecule is CCCCCCCCCC/C=C/C(O)C(COP(=O)([O-])OCC[N+](C)(C)C)NC(=O)CCCCCCCCCCCCCCCCC/C=C\CCCCCCCCCCCCCC. The van der Waals surface area contributed by atoms with Crippen LogP contribution in [0.5, 0.6) is 0 Å². The van der Waals surface area contributed by atoms with Crippen molar-refractivity contribution >= 4 is 13.7 Å². The number of aliphatic hydroxyl groups is 1. The third kappa shape index (κ3) is 48.7. The van der Waals surface area contributed by atoms with Crippen molar-refractivity contribution in [1.29, 1.82) is 0 Å². The van der Waals surface area contributed by atoms with Crippen LogP contribution in [0.4, 0.5) is 0 Å². The van der Waals surface area contributed by atoms with Gasteiger partial charge in [0.25, 0.3) is 7.82 Å². The minimum Gasteiger partial charge on any atom is -0.756 e. The maximum atomic E-state index is 12.9. The molecule has 0 fully saturated rings. The molecule has 9 heteroatoms. The van der Waals surface area contributed by atoms with Gasteiger partial charge < -0.3 is 28.8 Å². The van der Waals surface area contributed by atoms with Crippen molar-refractivity contribution in [2.45, 2.75) is 276 Å². The first-order chi connectivity index (χ1) is 30.5. The summed E-state index contributed by atoms with van der Waals surface area (Å²) < 4.78 is 23.2. The van der Waals surface area contributed by atoms with E-state index < -0.39 is 20.0 Å². The monoisotopic (exact) mass is 911 g/mol. The summed E-state index contributed by atoms with van der Waals surface area (Å²) in [5.74, 6) is -0.196. The van der Waals surface area contributed by atoms with Crippen molar-refractivity contribution in [3.05, 3.63) is 24.3 Å². The standard InChI is InChI=1S/C54H107N2O6P/c1-6-8-10-12-14-16-18-19-20-21-22-23-24-25-26-27-28-29-30-31-32-33-34-35-36-37-38-40-42-44-46-48-54(58)55-52(51-62-63(59,60)61-50-49-56(3,4)5)53(57)47-45-43-41-39-17-15-13-11-9-7-2/h25-26,45,47,52-53,57H,6-24,27-44,46,48-51H2,1-5H3,(H-,55,58,59,60)/b26-25-,47-45+. The molecular weight excluding hydrogens is 804 g/mol. The van der Waals surface area contributed by atoms with Crippen molar-refractivity contribution in [1.82, 2.24) is 5.32 Å². The lowest BCUT2D eigenvalue weighted by atomic mass is 10.0. The number of rotatable bonds is 50. The van der Waals surface area contributed by atoms with Gasteiger partial charge >= 0.3 is 0 Å². The Hall–Kier alpha value is -1.02. The Morgan fingerprint density at radius 3 is 1.24 bits per heavy atom. The van der Waals surface area contributed by atoms with Gasteiger partial charge in [-0.2, -0.15) is 0 Å². The predicted molar refractivity (Wildman–Crippen MR) is 270 cm³/mol. The summed E-state index contributed by atoms with van der Waals surface area (Å²) in [4.78, 5) is 25.3. The largest absolute Gasteiger partial charge is 0.756 e. The smallest absolute Gasteiger partial charge is 0.268 e. The zero-order chi connectivity index (χ0) is 46.4. The molecule has 0 saturated carbocycles. The molecule has 0 saturated heterocycles. The molecule has 0 rings (SSSR count). The van der Waals surface area contributed by atoms with Crippen molar-refractivity contribution in [3.63, 3.8) is 0 Å². The molecule has 0 aliphatic rings. The van der Waals surface area contributed by atoms with Crippen LogP contribution >= 0.6 is 7.82 Å². The van der Waals surface area contributed by atoms with E-state index in [4.69, 9.17) is 9.05 Å². The van der Waals surface area contributed by atoms with Crippen LogP contribution in [0.15, 0.2) is 24.3 Å². The normalized spacial score (nSPS) is 14.2. The predicted octanol–water partition coefficient (Wildman–Crippen LogP) is 15.4. The molecule has 0 aromatic rings. The van der Waals surface area contributed by atoms with Crippen LogP contribution in [0.3, 0.4) is 0 Å². The van der Waals surface area contributed by atoms with E-state index in [1.807, 2.05) is 27.2 Å². The summed E-state index contributed by atoms with van der Waals surface area (Å²) in [5.41, 5.74) is 0. The van der Waals surface area contributed by atoms with E-state index in [0.717, 1.165) is 38.5 Å². The van der Waals surface area contributed by atoms with E-state index in [1.165, 1.54) is 205 Å². The zero-order valence-electron chi connectivity index (χ0n) is 42.5. The number of carbonyl (C=O) groups is 1. The minimum absolute atomic E-state index is 0.000622. The van der Waals surface area contributed by atoms with E-state index in [9.17, 15) is 19.4 Å². The van der Waals surface area contributed by atoms with Gasteiger partial charge in [-0.1, -0.05) is 237 Å². The van der Waals surface area contributed by atoms with Crippen molar-refractivity contribution in [2.24, 2.45) is 0 Å². The van der Waals surface area contributed by atoms with Crippen LogP contribution < -0.4 is 10.2 Å². The third-order valence-electron chi connectivity index (χ3n) is 12.4. The van der Waals surface area contributed by atoms with Crippen LogP contribution in [0.25, 0.3) is 0 Å². The Bertz CT molecular complexity index is 1080. The zero-order valence-corrected chi connectivity index (χ0v) is 43.4. The molecule has 0 bridgehead atoms. The third-order valence-corrected chi connectivity index (χ3v) is 13.4. The number of aliphatic hydroxyl groups excluding tert-OH is 1. The van der Waals surface area contributed by atoms with Crippen LogP contribution in [0.1, 0.15) is 264 Å². The van der Waals surface area contributed by atoms with E-state index >= 15 is 0 Å². The second-order valence-corrected chi connectivity index (χ2v) is 21.3. The fourth-order valence-electron chi connectivity index (χ4n) is 8.09. The molecule has 0 aromatic heterocycles. The number of unbranched alkanes of at least 4 members (excludes halogenated alkanes) is 35. The lowest BCUT2D eigenvalue weighted by Gasteiger charge is -2.29. The van der Waals surface area contributed by atoms with Gasteiger partial charge in [-0.05, 0) is 44.9 Å². The Labute approximate surface area is 392 Å². The van der Waals surface area contributed by atoms with Gasteiger partial charge in [0.2, 0.25) is 5.91 Å². The molecule has 0 aliphatic carbocycles. The number of nitrogens with zero attached hydrogens (tertiary/aromatic N) is 1. The van der Waals surface area contributed by atoms with Gasteiger partial charge in [-0.15, -0.1) is 0 Å². The number of carbonyl (C=O) groups excluding carboxylic acids is 1. The molecule has 1 amide bonds. The number of nitrogens with one attached hydrogen (secondary N) is 1. The topological polar surface area (TPSA) is 108 Å². The lowest BCUT2D eigenvalue weighted by Crippen LogP contribution is -2.45. The molecule has 0 radical (unpaired) electrons. The highest BCUT2D eigenvalue weighted by atomic mass is 31.2. The van der Waals surface area contributed by atoms with Gasteiger partial charge in [-0.3, -0.25) is 9.36 Å². The first-order valence-electron chi connectivity index (χ1n) is 27.2. The summed E-state index contributed by atoms with van der Waals surface area (Å²) in [5, 5.41) is 13.8. The Balaban J connectivity index is 3.97. The Morgan fingerprint density at radius 2 is 0.873 bits per heavy atom. The maximum absolute atomic E-state index is 12.9. The average molecular weight is 911 g/mol. The van der Waals surface area contributed by atoms with Gasteiger partial charge in [0.1, 0.15) is 13.2 Å². The van der Waals surface area contributed by atoms with Crippen LogP contribution in [0, 0.1) is 0 Å². The molecule has 2 N–H and O–H groups in total. The summed E-state index contributed by atoms with van der Waals surface area (Å²) in [6.07, 6.45) is 57.0. The van der Waals surface area contributed by atoms with E-state index in [2.05, 4.69) is 31.3 Å². The van der Waals surface area contributed by atoms with Gasteiger partial charge in [0.15, 0.2) is 0 Å². The highest BCUT2D eigenvalue weighted by Gasteiger charge is 2.23. The first kappa shape index (κ1) is 62.0. The molecule has 0 heterocycles. The fraction of sp³-hybridized carbons (Fsp3) is 0.907. The second kappa shape index (κ2) is 46.1. The second-order valence-electron chi connectivity index (χ2n) is 19.9. The number of quaternary nitrogens is 1. The molecule has 3 atom stereocenters. The molecule has 0 spiro atoms. The van der Waals surface area contributed by atoms with Crippen molar-refractivity contribution in [2.75, 3.05) is 40.9 Å². The number of phosphoric ester groups is 1. The number of phosphoric acid groups is 1. The first-order valence-corrected chi connectivity index (χ1v) is 28.7. The summed E-state index contributed by atoms with van der Waals surface area (Å²) in [6.45, 7) is 4.65. The minimum atomic E-state index is -4.58. The molecule has 374 valence electrons. The highest BCUT2D eigenvalue weighted by Crippen LogP contribution is 2.38. The highest BCUT2D eigenvalue weighted by molar-refractivity contribution is 7.45. The molecule has 3 unspecified atom stereocenters. The van der Waals surface area contributed by atoms with Crippen LogP contribution in [0.2, 0.25) is 0 Å². The quantitative estimate of drug-likeness (QED) is 0.0272. The molecule has 0 aromatic carbocycles. The van der Waals surface area contributed by atoms with Gasteiger partial charge in [0.05, 0.1) is 39.9 Å². The van der Waals surface area contributed by atoms with Gasteiger partial charge in [-0.25, -0.2) is 0 Å². The molecular formula is C54H107N2O6P. The van der Waals surface area contributed by atoms with E-state index in [0.29, 0.717) is 17.4 Å². The van der Waals surface area contributed by atoms with Crippen molar-refractivity contribution in [3.8, 4) is 0 Å². The fourth-order valence-corrected chi connectivity index (χ4v) is 8.81. The number of allylic oxidation sites excluding steroid dienone is 3. The average Bonchev–Trinajstić information content (AvgIpc) is 3.24. The number of hydrogen-bond donors (Lipinski definition) is 2.